The molecule has 3 rings (SSSR count). The van der Waals surface area contributed by atoms with E-state index in [0.29, 0.717) is 0 Å². The zero-order valence-corrected chi connectivity index (χ0v) is 11.0. The number of amidine groups is 1. The first kappa shape index (κ1) is 14.2. The highest BCUT2D eigenvalue weighted by atomic mass is 19.3. The van der Waals surface area contributed by atoms with Crippen LogP contribution in [0.3, 0.4) is 0 Å². The fraction of sp³-hybridized carbons (Fsp3) is 0.500. The van der Waals surface area contributed by atoms with Gasteiger partial charge in [0.25, 0.3) is 11.9 Å². The van der Waals surface area contributed by atoms with Gasteiger partial charge in [-0.1, -0.05) is 18.2 Å². The van der Waals surface area contributed by atoms with Crippen LogP contribution in [0.1, 0.15) is 18.4 Å². The van der Waals surface area contributed by atoms with Crippen LogP contribution in [0.25, 0.3) is 0 Å². The van der Waals surface area contributed by atoms with Gasteiger partial charge in [0, 0.05) is 24.3 Å². The minimum atomic E-state index is -3.00. The Balaban J connectivity index is 2.15. The molecule has 3 atom stereocenters. The van der Waals surface area contributed by atoms with Gasteiger partial charge in [0.1, 0.15) is 24.1 Å². The predicted molar refractivity (Wildman–Crippen MR) is 68.2 cm³/mol. The number of alkyl halides is 3. The monoisotopic (exact) mass is 302 g/mol. The van der Waals surface area contributed by atoms with Crippen molar-refractivity contribution < 1.29 is 22.3 Å². The van der Waals surface area contributed by atoms with Crippen LogP contribution in [0.4, 0.5) is 17.6 Å². The normalized spacial score (nSPS) is 34.0. The van der Waals surface area contributed by atoms with Crippen molar-refractivity contribution in [1.29, 1.82) is 0 Å². The van der Waals surface area contributed by atoms with E-state index in [-0.39, 0.29) is 11.6 Å². The molecule has 21 heavy (non-hydrogen) atoms. The van der Waals surface area contributed by atoms with E-state index in [4.69, 9.17) is 10.5 Å². The molecule has 1 heterocycles. The second-order valence-electron chi connectivity index (χ2n) is 5.51. The van der Waals surface area contributed by atoms with Crippen LogP contribution in [-0.2, 0) is 10.3 Å². The van der Waals surface area contributed by atoms with Gasteiger partial charge in [-0.3, -0.25) is 0 Å². The zero-order valence-electron chi connectivity index (χ0n) is 11.0. The standard InChI is InChI=1S/C14H14F4N2O/c15-7-14(8-3-1-2-4-10(8)16)9-5-13(17,18)6-11(9)21-12(19)20-14/h1-4,9,11H,5-7H2,(H2,19,20)/t9?,11-,14-/m1/s1. The Morgan fingerprint density at radius 3 is 2.67 bits per heavy atom. The molecule has 3 nitrogen and oxygen atoms in total. The summed E-state index contributed by atoms with van der Waals surface area (Å²) in [6, 6.07) is 5.08. The van der Waals surface area contributed by atoms with Crippen molar-refractivity contribution in [2.75, 3.05) is 6.67 Å². The Bertz CT molecular complexity index is 592. The maximum Gasteiger partial charge on any atom is 0.283 e. The highest BCUT2D eigenvalue weighted by Crippen LogP contribution is 2.52. The highest BCUT2D eigenvalue weighted by Gasteiger charge is 2.60. The molecule has 1 aliphatic heterocycles. The number of hydrogen-bond acceptors (Lipinski definition) is 3. The first-order valence-corrected chi connectivity index (χ1v) is 6.59. The minimum absolute atomic E-state index is 0.0635. The van der Waals surface area contributed by atoms with Crippen molar-refractivity contribution >= 4 is 6.02 Å². The first-order valence-electron chi connectivity index (χ1n) is 6.59. The molecular formula is C14H14F4N2O. The van der Waals surface area contributed by atoms with Crippen molar-refractivity contribution in [2.24, 2.45) is 16.6 Å². The minimum Gasteiger partial charge on any atom is -0.461 e. The van der Waals surface area contributed by atoms with Crippen molar-refractivity contribution in [3.63, 3.8) is 0 Å². The Morgan fingerprint density at radius 1 is 1.29 bits per heavy atom. The number of nitrogens with zero attached hydrogens (tertiary/aromatic N) is 1. The third kappa shape index (κ3) is 2.15. The summed E-state index contributed by atoms with van der Waals surface area (Å²) in [7, 11) is 0. The lowest BCUT2D eigenvalue weighted by Gasteiger charge is -2.40. The number of ether oxygens (including phenoxy) is 1. The number of aliphatic imine (C=N–C) groups is 1. The van der Waals surface area contributed by atoms with Gasteiger partial charge in [-0.05, 0) is 6.07 Å². The van der Waals surface area contributed by atoms with Gasteiger partial charge >= 0.3 is 0 Å². The topological polar surface area (TPSA) is 47.6 Å². The molecule has 0 bridgehead atoms. The first-order chi connectivity index (χ1) is 9.88. The molecule has 2 aliphatic rings. The molecular weight excluding hydrogens is 288 g/mol. The van der Waals surface area contributed by atoms with Gasteiger partial charge in [-0.15, -0.1) is 0 Å². The maximum atomic E-state index is 14.1. The quantitative estimate of drug-likeness (QED) is 0.854. The van der Waals surface area contributed by atoms with Gasteiger partial charge < -0.3 is 10.5 Å². The molecule has 1 saturated carbocycles. The summed E-state index contributed by atoms with van der Waals surface area (Å²) in [5.74, 6) is -4.65. The van der Waals surface area contributed by atoms with Crippen molar-refractivity contribution in [3.05, 3.63) is 35.6 Å². The van der Waals surface area contributed by atoms with E-state index in [1.54, 1.807) is 0 Å². The summed E-state index contributed by atoms with van der Waals surface area (Å²) >= 11 is 0. The Morgan fingerprint density at radius 2 is 2.00 bits per heavy atom. The Hall–Kier alpha value is -1.79. The largest absolute Gasteiger partial charge is 0.461 e. The number of benzene rings is 1. The third-order valence-electron chi connectivity index (χ3n) is 4.21. The van der Waals surface area contributed by atoms with Crippen molar-refractivity contribution in [2.45, 2.75) is 30.4 Å². The van der Waals surface area contributed by atoms with Crippen LogP contribution < -0.4 is 5.73 Å². The predicted octanol–water partition coefficient (Wildman–Crippen LogP) is 2.75. The van der Waals surface area contributed by atoms with Gasteiger partial charge in [0.2, 0.25) is 0 Å². The van der Waals surface area contributed by atoms with E-state index in [1.165, 1.54) is 18.2 Å². The number of halogens is 4. The van der Waals surface area contributed by atoms with Gasteiger partial charge in [0.15, 0.2) is 0 Å². The molecule has 1 aromatic rings. The van der Waals surface area contributed by atoms with Crippen molar-refractivity contribution in [1.82, 2.24) is 0 Å². The number of nitrogens with two attached hydrogens (primary N) is 1. The Kier molecular flexibility index (Phi) is 3.11. The molecule has 2 N–H and O–H groups in total. The lowest BCUT2D eigenvalue weighted by atomic mass is 9.76. The number of fused-ring (bicyclic) bond motifs is 1. The van der Waals surface area contributed by atoms with Crippen LogP contribution in [0.15, 0.2) is 29.3 Å². The van der Waals surface area contributed by atoms with E-state index in [2.05, 4.69) is 4.99 Å². The van der Waals surface area contributed by atoms with Crippen molar-refractivity contribution in [3.8, 4) is 0 Å². The van der Waals surface area contributed by atoms with Crippen LogP contribution in [-0.4, -0.2) is 24.7 Å². The zero-order chi connectivity index (χ0) is 15.3. The summed E-state index contributed by atoms with van der Waals surface area (Å²) < 4.78 is 60.4. The average molecular weight is 302 g/mol. The number of rotatable bonds is 2. The number of hydrogen-bond donors (Lipinski definition) is 1. The van der Waals surface area contributed by atoms with Crippen LogP contribution >= 0.6 is 0 Å². The molecule has 0 amide bonds. The van der Waals surface area contributed by atoms with Gasteiger partial charge in [-0.2, -0.15) is 0 Å². The lowest BCUT2D eigenvalue weighted by Crippen LogP contribution is -2.48. The SMILES string of the molecule is NC1=N[C@](CF)(c2ccccc2F)C2CC(F)(F)C[C@H]2O1. The van der Waals surface area contributed by atoms with Crippen LogP contribution in [0.5, 0.6) is 0 Å². The summed E-state index contributed by atoms with van der Waals surface area (Å²) in [6.45, 7) is -1.12. The molecule has 0 spiro atoms. The molecule has 7 heteroatoms. The second-order valence-corrected chi connectivity index (χ2v) is 5.51. The highest BCUT2D eigenvalue weighted by molar-refractivity contribution is 5.73. The third-order valence-corrected chi connectivity index (χ3v) is 4.21. The lowest BCUT2D eigenvalue weighted by molar-refractivity contribution is -0.00299. The average Bonchev–Trinajstić information content (AvgIpc) is 2.72. The fourth-order valence-electron chi connectivity index (χ4n) is 3.31. The van der Waals surface area contributed by atoms with Gasteiger partial charge in [-0.25, -0.2) is 22.6 Å². The molecule has 1 aromatic carbocycles. The molecule has 0 radical (unpaired) electrons. The van der Waals surface area contributed by atoms with E-state index in [9.17, 15) is 17.6 Å². The molecule has 1 unspecified atom stereocenters. The summed E-state index contributed by atoms with van der Waals surface area (Å²) in [5, 5.41) is 0. The van der Waals surface area contributed by atoms with Crippen LogP contribution in [0.2, 0.25) is 0 Å². The summed E-state index contributed by atoms with van der Waals surface area (Å²) in [6.07, 6.45) is -2.13. The van der Waals surface area contributed by atoms with E-state index in [0.717, 1.165) is 6.07 Å². The molecule has 1 aliphatic carbocycles. The smallest absolute Gasteiger partial charge is 0.283 e. The van der Waals surface area contributed by atoms with E-state index < -0.39 is 48.8 Å². The molecule has 0 aromatic heterocycles. The van der Waals surface area contributed by atoms with E-state index >= 15 is 0 Å². The van der Waals surface area contributed by atoms with Gasteiger partial charge in [0.05, 0.1) is 0 Å². The summed E-state index contributed by atoms with van der Waals surface area (Å²) in [4.78, 5) is 3.90. The summed E-state index contributed by atoms with van der Waals surface area (Å²) in [5.41, 5.74) is 3.70. The Labute approximate surface area is 118 Å². The fourth-order valence-corrected chi connectivity index (χ4v) is 3.31. The molecule has 114 valence electrons. The second kappa shape index (κ2) is 4.61. The maximum absolute atomic E-state index is 14.1. The van der Waals surface area contributed by atoms with Crippen LogP contribution in [0, 0.1) is 11.7 Å². The molecule has 0 saturated heterocycles. The molecule has 1 fully saturated rings. The van der Waals surface area contributed by atoms with E-state index in [1.807, 2.05) is 0 Å².